The van der Waals surface area contributed by atoms with Crippen molar-refractivity contribution in [2.24, 2.45) is 17.6 Å². The van der Waals surface area contributed by atoms with Crippen LogP contribution in [0.1, 0.15) is 54.1 Å². The number of aryl methyl sites for hydroxylation is 1. The number of amides is 1. The predicted molar refractivity (Wildman–Crippen MR) is 127 cm³/mol. The van der Waals surface area contributed by atoms with E-state index in [1.54, 1.807) is 19.0 Å². The Hall–Kier alpha value is -3.17. The van der Waals surface area contributed by atoms with Gasteiger partial charge in [-0.05, 0) is 62.9 Å². The van der Waals surface area contributed by atoms with Gasteiger partial charge in [-0.15, -0.1) is 0 Å². The van der Waals surface area contributed by atoms with Gasteiger partial charge in [-0.3, -0.25) is 19.3 Å². The second kappa shape index (κ2) is 8.80. The summed E-state index contributed by atoms with van der Waals surface area (Å²) in [5.74, 6) is -6.32. The van der Waals surface area contributed by atoms with Crippen LogP contribution in [-0.4, -0.2) is 68.5 Å². The first kappa shape index (κ1) is 24.9. The van der Waals surface area contributed by atoms with Gasteiger partial charge in [0.25, 0.3) is 5.91 Å². The minimum Gasteiger partial charge on any atom is -0.510 e. The highest BCUT2D eigenvalue weighted by molar-refractivity contribution is 6.24. The molecule has 1 amide bonds. The van der Waals surface area contributed by atoms with Crippen molar-refractivity contribution >= 4 is 17.5 Å². The Morgan fingerprint density at radius 1 is 1.17 bits per heavy atom. The first-order valence-electron chi connectivity index (χ1n) is 11.9. The molecule has 0 bridgehead atoms. The van der Waals surface area contributed by atoms with Gasteiger partial charge in [0.2, 0.25) is 5.78 Å². The summed E-state index contributed by atoms with van der Waals surface area (Å²) in [7, 11) is 3.22. The molecule has 4 rings (SSSR count). The van der Waals surface area contributed by atoms with E-state index in [-0.39, 0.29) is 23.3 Å². The smallest absolute Gasteiger partial charge is 0.255 e. The number of nitrogens with zero attached hydrogens (tertiary/aromatic N) is 1. The van der Waals surface area contributed by atoms with Crippen LogP contribution in [0, 0.1) is 11.8 Å². The molecule has 0 fully saturated rings. The fraction of sp³-hybridized carbons (Fsp3) is 0.500. The van der Waals surface area contributed by atoms with Crippen molar-refractivity contribution in [3.63, 3.8) is 0 Å². The average Bonchev–Trinajstić information content (AvgIpc) is 2.77. The molecule has 0 saturated heterocycles. The number of unbranched alkanes of at least 4 members (excludes halogenated alkanes) is 2. The monoisotopic (exact) mass is 484 g/mol. The van der Waals surface area contributed by atoms with Crippen LogP contribution in [0.5, 0.6) is 5.75 Å². The maximum Gasteiger partial charge on any atom is 0.255 e. The average molecular weight is 485 g/mol. The third kappa shape index (κ3) is 3.56. The van der Waals surface area contributed by atoms with E-state index in [9.17, 15) is 34.8 Å². The lowest BCUT2D eigenvalue weighted by molar-refractivity contribution is -0.148. The van der Waals surface area contributed by atoms with Crippen molar-refractivity contribution in [2.75, 3.05) is 14.1 Å². The quantitative estimate of drug-likeness (QED) is 0.302. The normalized spacial score (nSPS) is 28.2. The van der Waals surface area contributed by atoms with Crippen LogP contribution in [0.4, 0.5) is 0 Å². The molecule has 4 atom stereocenters. The first-order chi connectivity index (χ1) is 16.5. The molecular weight excluding hydrogens is 452 g/mol. The Morgan fingerprint density at radius 3 is 2.46 bits per heavy atom. The van der Waals surface area contributed by atoms with E-state index < -0.39 is 58.0 Å². The number of aromatic hydroxyl groups is 1. The lowest BCUT2D eigenvalue weighted by Gasteiger charge is -2.50. The van der Waals surface area contributed by atoms with Crippen molar-refractivity contribution in [1.82, 2.24) is 4.90 Å². The zero-order chi connectivity index (χ0) is 25.8. The largest absolute Gasteiger partial charge is 0.510 e. The number of benzene rings is 1. The minimum atomic E-state index is -2.61. The van der Waals surface area contributed by atoms with E-state index in [1.807, 2.05) is 6.07 Å². The number of carbonyl (C=O) groups is 3. The number of aliphatic hydroxyl groups excluding tert-OH is 2. The Morgan fingerprint density at radius 2 is 1.86 bits per heavy atom. The molecule has 3 aliphatic carbocycles. The number of Topliss-reactive ketones (excluding diaryl/α,β-unsaturated/α-hetero) is 2. The highest BCUT2D eigenvalue weighted by Crippen LogP contribution is 2.52. The zero-order valence-corrected chi connectivity index (χ0v) is 20.2. The van der Waals surface area contributed by atoms with Crippen LogP contribution in [-0.2, 0) is 22.4 Å². The van der Waals surface area contributed by atoms with Crippen LogP contribution in [0.15, 0.2) is 34.8 Å². The maximum atomic E-state index is 13.6. The number of primary amides is 1. The topological polar surface area (TPSA) is 161 Å². The van der Waals surface area contributed by atoms with Gasteiger partial charge in [-0.2, -0.15) is 0 Å². The van der Waals surface area contributed by atoms with Crippen LogP contribution < -0.4 is 5.73 Å². The fourth-order valence-corrected chi connectivity index (χ4v) is 6.11. The van der Waals surface area contributed by atoms with Gasteiger partial charge >= 0.3 is 0 Å². The SMILES string of the molecule is CCCCCc1ccc(O)c2c1C[C@H]1C[C@@H]3[C@H](N(C)C)C(O)=C(C(N)=O)C(=O)[C@@]3(O)C(O)=C1C2=O. The number of aliphatic hydroxyl groups is 3. The molecule has 9 heteroatoms. The Balaban J connectivity index is 1.89. The van der Waals surface area contributed by atoms with Gasteiger partial charge in [0.15, 0.2) is 11.4 Å². The fourth-order valence-electron chi connectivity index (χ4n) is 6.11. The molecule has 0 aromatic heterocycles. The van der Waals surface area contributed by atoms with Crippen molar-refractivity contribution in [2.45, 2.75) is 57.1 Å². The number of nitrogens with two attached hydrogens (primary N) is 1. The zero-order valence-electron chi connectivity index (χ0n) is 20.2. The summed E-state index contributed by atoms with van der Waals surface area (Å²) in [6, 6.07) is 2.27. The predicted octanol–water partition coefficient (Wildman–Crippen LogP) is 1.85. The molecule has 0 unspecified atom stereocenters. The summed E-state index contributed by atoms with van der Waals surface area (Å²) < 4.78 is 0. The van der Waals surface area contributed by atoms with E-state index in [2.05, 4.69) is 6.92 Å². The number of phenols is 1. The molecular formula is C26H32N2O7. The van der Waals surface area contributed by atoms with Crippen molar-refractivity contribution in [3.8, 4) is 5.75 Å². The maximum absolute atomic E-state index is 13.6. The summed E-state index contributed by atoms with van der Waals surface area (Å²) in [5, 5.41) is 44.2. The van der Waals surface area contributed by atoms with E-state index in [0.717, 1.165) is 31.2 Å². The molecule has 3 aliphatic rings. The number of allylic oxidation sites excluding steroid dienone is 1. The summed E-state index contributed by atoms with van der Waals surface area (Å²) in [5.41, 5.74) is 3.51. The highest BCUT2D eigenvalue weighted by atomic mass is 16.3. The van der Waals surface area contributed by atoms with Crippen LogP contribution in [0.3, 0.4) is 0 Å². The molecule has 9 nitrogen and oxygen atoms in total. The molecule has 1 aromatic carbocycles. The molecule has 1 aromatic rings. The minimum absolute atomic E-state index is 0.0692. The number of rotatable bonds is 6. The summed E-state index contributed by atoms with van der Waals surface area (Å²) in [4.78, 5) is 40.4. The Labute approximate surface area is 203 Å². The van der Waals surface area contributed by atoms with E-state index in [1.165, 1.54) is 6.07 Å². The van der Waals surface area contributed by atoms with Gasteiger partial charge < -0.3 is 26.2 Å². The highest BCUT2D eigenvalue weighted by Gasteiger charge is 2.63. The molecule has 188 valence electrons. The van der Waals surface area contributed by atoms with Gasteiger partial charge in [-0.25, -0.2) is 0 Å². The number of hydrogen-bond acceptors (Lipinski definition) is 8. The third-order valence-electron chi connectivity index (χ3n) is 7.75. The number of carbonyl (C=O) groups excluding carboxylic acids is 3. The second-order valence-corrected chi connectivity index (χ2v) is 10.0. The lowest BCUT2D eigenvalue weighted by Crippen LogP contribution is -2.63. The number of fused-ring (bicyclic) bond motifs is 3. The molecule has 35 heavy (non-hydrogen) atoms. The van der Waals surface area contributed by atoms with Gasteiger partial charge in [0.05, 0.1) is 11.6 Å². The number of likely N-dealkylation sites (N-methyl/N-ethyl adjacent to an activating group) is 1. The molecule has 0 heterocycles. The Bertz CT molecular complexity index is 1180. The van der Waals surface area contributed by atoms with E-state index in [0.29, 0.717) is 12.0 Å². The third-order valence-corrected chi connectivity index (χ3v) is 7.75. The number of hydrogen-bond donors (Lipinski definition) is 5. The van der Waals surface area contributed by atoms with Gasteiger partial charge in [0, 0.05) is 11.5 Å². The summed E-state index contributed by atoms with van der Waals surface area (Å²) >= 11 is 0. The molecule has 0 aliphatic heterocycles. The Kier molecular flexibility index (Phi) is 6.27. The molecule has 6 N–H and O–H groups in total. The second-order valence-electron chi connectivity index (χ2n) is 10.0. The van der Waals surface area contributed by atoms with Crippen molar-refractivity contribution in [3.05, 3.63) is 51.5 Å². The van der Waals surface area contributed by atoms with Crippen LogP contribution in [0.25, 0.3) is 0 Å². The number of ketones is 2. The van der Waals surface area contributed by atoms with Crippen LogP contribution >= 0.6 is 0 Å². The van der Waals surface area contributed by atoms with E-state index >= 15 is 0 Å². The van der Waals surface area contributed by atoms with Crippen molar-refractivity contribution in [1.29, 1.82) is 0 Å². The first-order valence-corrected chi connectivity index (χ1v) is 11.9. The van der Waals surface area contributed by atoms with Gasteiger partial charge in [-0.1, -0.05) is 25.8 Å². The van der Waals surface area contributed by atoms with Crippen LogP contribution in [0.2, 0.25) is 0 Å². The summed E-state index contributed by atoms with van der Waals surface area (Å²) in [6.45, 7) is 2.10. The van der Waals surface area contributed by atoms with E-state index in [4.69, 9.17) is 5.73 Å². The number of phenolic OH excluding ortho intramolecular Hbond substituents is 1. The van der Waals surface area contributed by atoms with Crippen molar-refractivity contribution < 1.29 is 34.8 Å². The standard InChI is InChI=1S/C26H32N2O7/c1-4-5-6-7-12-8-9-16(29)18-14(12)10-13-11-15-20(28(2)3)22(31)19(25(27)34)24(33)26(15,35)23(32)17(13)21(18)30/h8-9,13,15,20,29,31-32,35H,4-7,10-11H2,1-3H3,(H2,27,34)/t13-,15+,20-,26-/m0/s1. The molecule has 0 spiro atoms. The molecule has 0 radical (unpaired) electrons. The molecule has 0 saturated carbocycles. The van der Waals surface area contributed by atoms with Gasteiger partial charge in [0.1, 0.15) is 22.8 Å². The summed E-state index contributed by atoms with van der Waals surface area (Å²) in [6.07, 6.45) is 4.13. The lowest BCUT2D eigenvalue weighted by atomic mass is 9.58.